The smallest absolute Gasteiger partial charge is 0.240 e. The number of carbonyl (C=O) groups is 1. The molecule has 2 aromatic carbocycles. The molecule has 0 bridgehead atoms. The number of aromatic nitrogens is 3. The molecule has 0 spiro atoms. The van der Waals surface area contributed by atoms with Crippen molar-refractivity contribution in [3.8, 4) is 11.4 Å². The van der Waals surface area contributed by atoms with Crippen molar-refractivity contribution in [1.82, 2.24) is 19.7 Å². The van der Waals surface area contributed by atoms with Crippen LogP contribution in [0.25, 0.3) is 11.4 Å². The highest BCUT2D eigenvalue weighted by Crippen LogP contribution is 2.42. The van der Waals surface area contributed by atoms with Crippen LogP contribution in [0.4, 0.5) is 0 Å². The number of hydrogen-bond donors (Lipinski definition) is 0. The number of rotatable bonds is 6. The SMILES string of the molecule is O=C(C(Sc1nnc(-c2ccccc2Cl)n1C1CCCC1)c1ccccc1)N1CCCC1. The van der Waals surface area contributed by atoms with Gasteiger partial charge < -0.3 is 4.90 Å². The maximum absolute atomic E-state index is 13.5. The first-order valence-corrected chi connectivity index (χ1v) is 12.7. The summed E-state index contributed by atoms with van der Waals surface area (Å²) in [7, 11) is 0. The lowest BCUT2D eigenvalue weighted by Crippen LogP contribution is -2.31. The summed E-state index contributed by atoms with van der Waals surface area (Å²) in [6.07, 6.45) is 6.74. The summed E-state index contributed by atoms with van der Waals surface area (Å²) in [6, 6.07) is 18.2. The Morgan fingerprint density at radius 3 is 2.34 bits per heavy atom. The largest absolute Gasteiger partial charge is 0.341 e. The minimum Gasteiger partial charge on any atom is -0.341 e. The minimum atomic E-state index is -0.335. The van der Waals surface area contributed by atoms with E-state index in [1.165, 1.54) is 24.6 Å². The Morgan fingerprint density at radius 1 is 0.938 bits per heavy atom. The number of likely N-dealkylation sites (tertiary alicyclic amines) is 1. The number of halogens is 1. The van der Waals surface area contributed by atoms with Gasteiger partial charge in [-0.05, 0) is 43.4 Å². The Hall–Kier alpha value is -2.31. The Morgan fingerprint density at radius 2 is 1.62 bits per heavy atom. The van der Waals surface area contributed by atoms with E-state index in [0.29, 0.717) is 11.1 Å². The fourth-order valence-electron chi connectivity index (χ4n) is 4.77. The quantitative estimate of drug-likeness (QED) is 0.407. The monoisotopic (exact) mass is 466 g/mol. The van der Waals surface area contributed by atoms with Gasteiger partial charge >= 0.3 is 0 Å². The van der Waals surface area contributed by atoms with E-state index in [1.54, 1.807) is 0 Å². The van der Waals surface area contributed by atoms with Crippen molar-refractivity contribution in [3.05, 3.63) is 65.2 Å². The molecule has 1 saturated heterocycles. The Kier molecular flexibility index (Phi) is 6.51. The van der Waals surface area contributed by atoms with Gasteiger partial charge in [0.25, 0.3) is 0 Å². The van der Waals surface area contributed by atoms with Crippen molar-refractivity contribution >= 4 is 29.3 Å². The normalized spacial score (nSPS) is 17.7. The van der Waals surface area contributed by atoms with E-state index in [-0.39, 0.29) is 11.2 Å². The molecule has 5 nitrogen and oxygen atoms in total. The van der Waals surface area contributed by atoms with Crippen LogP contribution in [-0.4, -0.2) is 38.7 Å². The van der Waals surface area contributed by atoms with Crippen molar-refractivity contribution in [1.29, 1.82) is 0 Å². The number of carbonyl (C=O) groups excluding carboxylic acids is 1. The topological polar surface area (TPSA) is 51.0 Å². The van der Waals surface area contributed by atoms with Crippen molar-refractivity contribution in [2.24, 2.45) is 0 Å². The number of amides is 1. The van der Waals surface area contributed by atoms with Crippen LogP contribution in [0.1, 0.15) is 55.4 Å². The van der Waals surface area contributed by atoms with Gasteiger partial charge in [0.15, 0.2) is 11.0 Å². The zero-order chi connectivity index (χ0) is 21.9. The standard InChI is InChI=1S/C25H27ClN4OS/c26-21-15-7-6-14-20(21)23-27-28-25(30(23)19-12-4-5-13-19)32-22(18-10-2-1-3-11-18)24(31)29-16-8-9-17-29/h1-3,6-7,10-11,14-15,19,22H,4-5,8-9,12-13,16-17H2. The molecule has 1 unspecified atom stereocenters. The van der Waals surface area contributed by atoms with Crippen LogP contribution in [-0.2, 0) is 4.79 Å². The molecular formula is C25H27ClN4OS. The lowest BCUT2D eigenvalue weighted by molar-refractivity contribution is -0.129. The third-order valence-electron chi connectivity index (χ3n) is 6.44. The van der Waals surface area contributed by atoms with E-state index in [4.69, 9.17) is 11.6 Å². The third kappa shape index (κ3) is 4.30. The molecule has 1 aliphatic heterocycles. The lowest BCUT2D eigenvalue weighted by atomic mass is 10.1. The molecule has 1 aliphatic carbocycles. The molecule has 0 N–H and O–H groups in total. The van der Waals surface area contributed by atoms with Crippen molar-refractivity contribution in [2.75, 3.05) is 13.1 Å². The minimum absolute atomic E-state index is 0.166. The Labute approximate surface area is 198 Å². The summed E-state index contributed by atoms with van der Waals surface area (Å²) in [5.41, 5.74) is 1.90. The number of hydrogen-bond acceptors (Lipinski definition) is 4. The molecule has 1 saturated carbocycles. The first-order chi connectivity index (χ1) is 15.7. The first-order valence-electron chi connectivity index (χ1n) is 11.4. The molecule has 1 atom stereocenters. The van der Waals surface area contributed by atoms with Gasteiger partial charge in [0.05, 0.1) is 5.02 Å². The van der Waals surface area contributed by atoms with Gasteiger partial charge in [-0.1, -0.05) is 78.7 Å². The van der Waals surface area contributed by atoms with E-state index < -0.39 is 0 Å². The zero-order valence-corrected chi connectivity index (χ0v) is 19.6. The van der Waals surface area contributed by atoms with E-state index in [9.17, 15) is 4.79 Å². The molecule has 32 heavy (non-hydrogen) atoms. The second-order valence-electron chi connectivity index (χ2n) is 8.54. The average molecular weight is 467 g/mol. The van der Waals surface area contributed by atoms with Gasteiger partial charge in [-0.15, -0.1) is 10.2 Å². The van der Waals surface area contributed by atoms with Crippen molar-refractivity contribution in [2.45, 2.75) is 55.0 Å². The maximum atomic E-state index is 13.5. The second-order valence-corrected chi connectivity index (χ2v) is 10.0. The lowest BCUT2D eigenvalue weighted by Gasteiger charge is -2.24. The zero-order valence-electron chi connectivity index (χ0n) is 18.0. The van der Waals surface area contributed by atoms with E-state index >= 15 is 0 Å². The summed E-state index contributed by atoms with van der Waals surface area (Å²) >= 11 is 8.06. The molecule has 166 valence electrons. The van der Waals surface area contributed by atoms with E-state index in [0.717, 1.165) is 60.9 Å². The van der Waals surface area contributed by atoms with Gasteiger partial charge in [0, 0.05) is 24.7 Å². The van der Waals surface area contributed by atoms with Crippen LogP contribution in [0.3, 0.4) is 0 Å². The molecule has 5 rings (SSSR count). The number of nitrogens with zero attached hydrogens (tertiary/aromatic N) is 4. The van der Waals surface area contributed by atoms with E-state index in [2.05, 4.69) is 14.8 Å². The highest BCUT2D eigenvalue weighted by Gasteiger charge is 2.33. The third-order valence-corrected chi connectivity index (χ3v) is 7.97. The molecule has 2 heterocycles. The van der Waals surface area contributed by atoms with Crippen LogP contribution >= 0.6 is 23.4 Å². The first kappa shape index (κ1) is 21.5. The van der Waals surface area contributed by atoms with Crippen LogP contribution in [0.2, 0.25) is 5.02 Å². The number of benzene rings is 2. The van der Waals surface area contributed by atoms with Crippen LogP contribution in [0, 0.1) is 0 Å². The second kappa shape index (κ2) is 9.67. The van der Waals surface area contributed by atoms with Gasteiger partial charge in [-0.3, -0.25) is 9.36 Å². The molecule has 7 heteroatoms. The summed E-state index contributed by atoms with van der Waals surface area (Å²) in [6.45, 7) is 1.67. The Balaban J connectivity index is 1.55. The fourth-order valence-corrected chi connectivity index (χ4v) is 6.18. The van der Waals surface area contributed by atoms with Gasteiger partial charge in [-0.2, -0.15) is 0 Å². The van der Waals surface area contributed by atoms with Crippen LogP contribution in [0.5, 0.6) is 0 Å². The highest BCUT2D eigenvalue weighted by atomic mass is 35.5. The summed E-state index contributed by atoms with van der Waals surface area (Å²) in [5, 5.41) is 10.3. The van der Waals surface area contributed by atoms with Gasteiger partial charge in [0.2, 0.25) is 5.91 Å². The molecule has 3 aromatic rings. The molecule has 1 amide bonds. The molecule has 1 aromatic heterocycles. The van der Waals surface area contributed by atoms with Crippen molar-refractivity contribution in [3.63, 3.8) is 0 Å². The molecule has 2 aliphatic rings. The van der Waals surface area contributed by atoms with Crippen LogP contribution < -0.4 is 0 Å². The predicted octanol–water partition coefficient (Wildman–Crippen LogP) is 6.17. The molecule has 2 fully saturated rings. The summed E-state index contributed by atoms with van der Waals surface area (Å²) in [4.78, 5) is 15.5. The molecule has 0 radical (unpaired) electrons. The fraction of sp³-hybridized carbons (Fsp3) is 0.400. The average Bonchev–Trinajstić information content (AvgIpc) is 3.60. The Bertz CT molecular complexity index is 1070. The summed E-state index contributed by atoms with van der Waals surface area (Å²) in [5.74, 6) is 0.962. The van der Waals surface area contributed by atoms with Gasteiger partial charge in [-0.25, -0.2) is 0 Å². The van der Waals surface area contributed by atoms with Gasteiger partial charge in [0.1, 0.15) is 5.25 Å². The van der Waals surface area contributed by atoms with Crippen molar-refractivity contribution < 1.29 is 4.79 Å². The summed E-state index contributed by atoms with van der Waals surface area (Å²) < 4.78 is 2.24. The van der Waals surface area contributed by atoms with E-state index in [1.807, 2.05) is 59.5 Å². The number of thioether (sulfide) groups is 1. The predicted molar refractivity (Wildman–Crippen MR) is 129 cm³/mol. The highest BCUT2D eigenvalue weighted by molar-refractivity contribution is 8.00. The maximum Gasteiger partial charge on any atom is 0.240 e. The van der Waals surface area contributed by atoms with Crippen LogP contribution in [0.15, 0.2) is 59.8 Å². The molecular weight excluding hydrogens is 440 g/mol.